The van der Waals surface area contributed by atoms with Crippen LogP contribution in [0.2, 0.25) is 0 Å². The van der Waals surface area contributed by atoms with Gasteiger partial charge < -0.3 is 25.7 Å². The normalized spacial score (nSPS) is 11.2. The van der Waals surface area contributed by atoms with Crippen LogP contribution in [0.1, 0.15) is 57.4 Å². The lowest BCUT2D eigenvalue weighted by atomic mass is 10.2. The van der Waals surface area contributed by atoms with Gasteiger partial charge in [0.15, 0.2) is 0 Å². The van der Waals surface area contributed by atoms with E-state index in [0.29, 0.717) is 18.8 Å². The number of aromatic nitrogens is 1. The smallest absolute Gasteiger partial charge is 0.303 e. The summed E-state index contributed by atoms with van der Waals surface area (Å²) < 4.78 is 5.24. The first-order valence-corrected chi connectivity index (χ1v) is 10.5. The Labute approximate surface area is 187 Å². The van der Waals surface area contributed by atoms with Gasteiger partial charge in [0.25, 0.3) is 0 Å². The van der Waals surface area contributed by atoms with Crippen molar-refractivity contribution in [2.24, 2.45) is 15.8 Å². The number of aliphatic imine (C=N–C) groups is 1. The molecule has 0 fully saturated rings. The van der Waals surface area contributed by atoms with E-state index in [9.17, 15) is 9.59 Å². The Bertz CT molecular complexity index is 891. The number of nitrogens with one attached hydrogen (secondary N) is 2. The molecule has 0 aliphatic rings. The minimum Gasteiger partial charge on any atom is -0.497 e. The number of benzene rings is 1. The van der Waals surface area contributed by atoms with Crippen molar-refractivity contribution in [1.29, 1.82) is 0 Å². The van der Waals surface area contributed by atoms with E-state index in [2.05, 4.69) is 27.4 Å². The second kappa shape index (κ2) is 15.3. The van der Waals surface area contributed by atoms with Crippen LogP contribution in [-0.2, 0) is 9.59 Å². The molecule has 0 unspecified atom stereocenters. The van der Waals surface area contributed by atoms with E-state index in [4.69, 9.17) is 20.7 Å². The van der Waals surface area contributed by atoms with Gasteiger partial charge >= 0.3 is 11.9 Å². The fraction of sp³-hybridized carbons (Fsp3) is 0.455. The zero-order chi connectivity index (χ0) is 23.8. The van der Waals surface area contributed by atoms with Gasteiger partial charge in [-0.2, -0.15) is 5.10 Å². The van der Waals surface area contributed by atoms with Crippen molar-refractivity contribution in [2.45, 2.75) is 51.9 Å². The standard InChI is InChI=1S/C16H23N5O.C6H10O4/c1-3-4-5-8-18-16(17)21-20-11-12-10-19-15-7-6-13(22-2)9-14(12)15;7-5(8)3-1-2-4-6(9)10/h6-7,9-11,19H,3-5,8H2,1-2H3,(H3,17,18,21);1-4H2,(H,7,8)(H,9,10)/b20-11+;. The minimum absolute atomic E-state index is 0.0628. The van der Waals surface area contributed by atoms with Crippen LogP contribution in [0.4, 0.5) is 0 Å². The third-order valence-electron chi connectivity index (χ3n) is 4.38. The van der Waals surface area contributed by atoms with Crippen LogP contribution < -0.4 is 15.9 Å². The molecule has 0 saturated carbocycles. The van der Waals surface area contributed by atoms with Crippen molar-refractivity contribution in [3.63, 3.8) is 0 Å². The fourth-order valence-corrected chi connectivity index (χ4v) is 2.67. The van der Waals surface area contributed by atoms with Gasteiger partial charge in [-0.3, -0.25) is 14.6 Å². The largest absolute Gasteiger partial charge is 0.497 e. The molecular formula is C22H33N5O5. The van der Waals surface area contributed by atoms with E-state index >= 15 is 0 Å². The molecule has 32 heavy (non-hydrogen) atoms. The molecule has 0 aliphatic carbocycles. The van der Waals surface area contributed by atoms with Crippen LogP contribution in [0.3, 0.4) is 0 Å². The first kappa shape index (κ1) is 26.5. The van der Waals surface area contributed by atoms with Gasteiger partial charge in [0.2, 0.25) is 5.96 Å². The maximum Gasteiger partial charge on any atom is 0.303 e. The SMILES string of the molecule is CCCCCN=C(N)N/N=C/c1c[nH]c2ccc(OC)cc12.O=C(O)CCCCC(=O)O. The molecule has 0 atom stereocenters. The molecule has 1 aromatic heterocycles. The van der Waals surface area contributed by atoms with Gasteiger partial charge in [-0.15, -0.1) is 0 Å². The maximum absolute atomic E-state index is 9.90. The Kier molecular flexibility index (Phi) is 12.6. The number of carbonyl (C=O) groups is 2. The molecule has 0 bridgehead atoms. The van der Waals surface area contributed by atoms with Crippen LogP contribution >= 0.6 is 0 Å². The Balaban J connectivity index is 0.000000433. The Morgan fingerprint density at radius 2 is 1.84 bits per heavy atom. The van der Waals surface area contributed by atoms with Crippen LogP contribution in [-0.4, -0.2) is 53.0 Å². The molecular weight excluding hydrogens is 414 g/mol. The van der Waals surface area contributed by atoms with Gasteiger partial charge in [-0.05, 0) is 37.5 Å². The maximum atomic E-state index is 9.90. The zero-order valence-electron chi connectivity index (χ0n) is 18.6. The highest BCUT2D eigenvalue weighted by Crippen LogP contribution is 2.22. The third-order valence-corrected chi connectivity index (χ3v) is 4.38. The first-order valence-electron chi connectivity index (χ1n) is 10.5. The molecule has 6 N–H and O–H groups in total. The van der Waals surface area contributed by atoms with Crippen LogP contribution in [0.15, 0.2) is 34.5 Å². The van der Waals surface area contributed by atoms with Crippen molar-refractivity contribution in [3.8, 4) is 5.75 Å². The lowest BCUT2D eigenvalue weighted by molar-refractivity contribution is -0.139. The quantitative estimate of drug-likeness (QED) is 0.144. The average Bonchev–Trinajstić information content (AvgIpc) is 3.16. The number of guanidine groups is 1. The molecule has 176 valence electrons. The number of H-pyrrole nitrogens is 1. The number of aliphatic carboxylic acids is 2. The predicted molar refractivity (Wildman–Crippen MR) is 125 cm³/mol. The predicted octanol–water partition coefficient (Wildman–Crippen LogP) is 3.32. The number of fused-ring (bicyclic) bond motifs is 1. The van der Waals surface area contributed by atoms with E-state index in [1.165, 1.54) is 6.42 Å². The number of aromatic amines is 1. The lowest BCUT2D eigenvalue weighted by Crippen LogP contribution is -2.27. The number of hydrogen-bond acceptors (Lipinski definition) is 5. The van der Waals surface area contributed by atoms with Gasteiger partial charge in [0.1, 0.15) is 5.75 Å². The number of hydrogen-bond donors (Lipinski definition) is 5. The lowest BCUT2D eigenvalue weighted by Gasteiger charge is -2.00. The Morgan fingerprint density at radius 3 is 2.44 bits per heavy atom. The van der Waals surface area contributed by atoms with Gasteiger partial charge in [0, 0.05) is 42.0 Å². The Morgan fingerprint density at radius 1 is 1.16 bits per heavy atom. The number of carboxylic acids is 2. The topological polar surface area (TPSA) is 162 Å². The van der Waals surface area contributed by atoms with Crippen LogP contribution in [0, 0.1) is 0 Å². The molecule has 0 aliphatic heterocycles. The average molecular weight is 448 g/mol. The summed E-state index contributed by atoms with van der Waals surface area (Å²) in [6.45, 7) is 2.89. The molecule has 0 saturated heterocycles. The van der Waals surface area contributed by atoms with Crippen molar-refractivity contribution in [2.75, 3.05) is 13.7 Å². The minimum atomic E-state index is -0.870. The summed E-state index contributed by atoms with van der Waals surface area (Å²) in [7, 11) is 1.65. The van der Waals surface area contributed by atoms with E-state index in [-0.39, 0.29) is 12.8 Å². The van der Waals surface area contributed by atoms with E-state index < -0.39 is 11.9 Å². The first-order chi connectivity index (χ1) is 15.4. The fourth-order valence-electron chi connectivity index (χ4n) is 2.67. The van der Waals surface area contributed by atoms with E-state index in [0.717, 1.165) is 41.6 Å². The molecule has 1 heterocycles. The highest BCUT2D eigenvalue weighted by Gasteiger charge is 2.03. The summed E-state index contributed by atoms with van der Waals surface area (Å²) in [5, 5.41) is 21.4. The van der Waals surface area contributed by atoms with Crippen molar-refractivity contribution in [1.82, 2.24) is 10.4 Å². The van der Waals surface area contributed by atoms with Gasteiger partial charge in [0.05, 0.1) is 13.3 Å². The molecule has 0 radical (unpaired) electrons. The molecule has 2 rings (SSSR count). The summed E-state index contributed by atoms with van der Waals surface area (Å²) in [6, 6.07) is 5.86. The summed E-state index contributed by atoms with van der Waals surface area (Å²) in [5.74, 6) is -0.590. The van der Waals surface area contributed by atoms with Gasteiger partial charge in [-0.25, -0.2) is 5.43 Å². The molecule has 10 heteroatoms. The van der Waals surface area contributed by atoms with Crippen molar-refractivity contribution < 1.29 is 24.5 Å². The van der Waals surface area contributed by atoms with Crippen LogP contribution in [0.25, 0.3) is 10.9 Å². The number of ether oxygens (including phenoxy) is 1. The number of unbranched alkanes of at least 4 members (excludes halogenated alkanes) is 3. The number of nitrogens with zero attached hydrogens (tertiary/aromatic N) is 2. The number of carboxylic acid groups (broad SMARTS) is 2. The molecule has 1 aromatic carbocycles. The Hall–Kier alpha value is -3.56. The summed E-state index contributed by atoms with van der Waals surface area (Å²) in [6.07, 6.45) is 8.01. The second-order valence-electron chi connectivity index (χ2n) is 6.99. The molecule has 2 aromatic rings. The number of nitrogens with two attached hydrogens (primary N) is 1. The number of methoxy groups -OCH3 is 1. The highest BCUT2D eigenvalue weighted by atomic mass is 16.5. The third kappa shape index (κ3) is 11.0. The molecule has 0 amide bonds. The van der Waals surface area contributed by atoms with E-state index in [1.54, 1.807) is 13.3 Å². The number of rotatable bonds is 12. The van der Waals surface area contributed by atoms with Gasteiger partial charge in [-0.1, -0.05) is 19.8 Å². The monoisotopic (exact) mass is 447 g/mol. The second-order valence-corrected chi connectivity index (χ2v) is 6.99. The highest BCUT2D eigenvalue weighted by molar-refractivity contribution is 5.99. The summed E-state index contributed by atoms with van der Waals surface area (Å²) in [4.78, 5) is 27.2. The van der Waals surface area contributed by atoms with Crippen LogP contribution in [0.5, 0.6) is 5.75 Å². The summed E-state index contributed by atoms with van der Waals surface area (Å²) >= 11 is 0. The molecule has 0 spiro atoms. The number of hydrazone groups is 1. The van der Waals surface area contributed by atoms with E-state index in [1.807, 2.05) is 24.4 Å². The van der Waals surface area contributed by atoms with Crippen molar-refractivity contribution in [3.05, 3.63) is 30.0 Å². The molecule has 10 nitrogen and oxygen atoms in total. The zero-order valence-corrected chi connectivity index (χ0v) is 18.6. The summed E-state index contributed by atoms with van der Waals surface area (Å²) in [5.41, 5.74) is 10.5. The van der Waals surface area contributed by atoms with Crippen molar-refractivity contribution >= 4 is 35.0 Å².